The Kier molecular flexibility index (Phi) is 2.98. The minimum atomic E-state index is -0.0810. The molecule has 4 saturated heterocycles. The van der Waals surface area contributed by atoms with Gasteiger partial charge >= 0.3 is 0 Å². The third kappa shape index (κ3) is 2.14. The van der Waals surface area contributed by atoms with E-state index in [-0.39, 0.29) is 5.41 Å². The SMILES string of the molecule is Cc1ccc(CC23C[NH+]4CC[NH+](CC(C4)C2=O)C3)c(C)c1. The maximum Gasteiger partial charge on any atom is 0.165 e. The fraction of sp³-hybridized carbons (Fsp3) is 0.611. The van der Waals surface area contributed by atoms with E-state index in [0.717, 1.165) is 32.6 Å². The fourth-order valence-corrected chi connectivity index (χ4v) is 5.08. The van der Waals surface area contributed by atoms with Crippen molar-refractivity contribution in [3.63, 3.8) is 0 Å². The van der Waals surface area contributed by atoms with E-state index >= 15 is 0 Å². The van der Waals surface area contributed by atoms with Gasteiger partial charge in [0.2, 0.25) is 0 Å². The number of hydrogen-bond acceptors (Lipinski definition) is 1. The van der Waals surface area contributed by atoms with Crippen molar-refractivity contribution in [2.75, 3.05) is 39.3 Å². The van der Waals surface area contributed by atoms with Crippen LogP contribution in [0.2, 0.25) is 0 Å². The van der Waals surface area contributed by atoms with Crippen LogP contribution in [0.5, 0.6) is 0 Å². The zero-order chi connectivity index (χ0) is 14.6. The van der Waals surface area contributed by atoms with Gasteiger partial charge in [-0.05, 0) is 31.4 Å². The molecule has 0 radical (unpaired) electrons. The van der Waals surface area contributed by atoms with Crippen molar-refractivity contribution < 1.29 is 14.6 Å². The summed E-state index contributed by atoms with van der Waals surface area (Å²) in [7, 11) is 0. The van der Waals surface area contributed by atoms with Crippen molar-refractivity contribution >= 4 is 5.78 Å². The van der Waals surface area contributed by atoms with Crippen LogP contribution in [0, 0.1) is 25.2 Å². The normalized spacial score (nSPS) is 37.8. The number of nitrogens with one attached hydrogen (secondary N) is 2. The molecule has 2 N–H and O–H groups in total. The first kappa shape index (κ1) is 13.5. The Bertz CT molecular complexity index is 579. The standard InChI is InChI=1S/C18H24N2O/c1-13-3-4-15(14(2)7-13)8-18-11-19-5-6-20(12-18)10-16(9-19)17(18)21/h3-4,7,16H,5-6,8-12H2,1-2H3/p+2. The number of fused-ring (bicyclic) bond motifs is 1. The number of aryl methyl sites for hydroxylation is 2. The maximum atomic E-state index is 13.0. The van der Waals surface area contributed by atoms with Crippen molar-refractivity contribution in [3.05, 3.63) is 34.9 Å². The quantitative estimate of drug-likeness (QED) is 0.704. The lowest BCUT2D eigenvalue weighted by Crippen LogP contribution is -3.17. The second-order valence-corrected chi connectivity index (χ2v) is 7.71. The van der Waals surface area contributed by atoms with E-state index in [2.05, 4.69) is 32.0 Å². The summed E-state index contributed by atoms with van der Waals surface area (Å²) >= 11 is 0. The number of hydrogen-bond donors (Lipinski definition) is 2. The van der Waals surface area contributed by atoms with E-state index in [1.165, 1.54) is 29.8 Å². The molecular weight excluding hydrogens is 260 g/mol. The molecule has 0 amide bonds. The summed E-state index contributed by atoms with van der Waals surface area (Å²) in [4.78, 5) is 16.4. The minimum absolute atomic E-state index is 0.0810. The smallest absolute Gasteiger partial charge is 0.165 e. The molecule has 0 spiro atoms. The van der Waals surface area contributed by atoms with Gasteiger partial charge in [-0.2, -0.15) is 0 Å². The lowest BCUT2D eigenvalue weighted by atomic mass is 9.67. The van der Waals surface area contributed by atoms with E-state index < -0.39 is 0 Å². The van der Waals surface area contributed by atoms with Gasteiger partial charge in [-0.3, -0.25) is 4.79 Å². The van der Waals surface area contributed by atoms with Crippen LogP contribution in [-0.4, -0.2) is 45.1 Å². The number of piperidine rings is 2. The average Bonchev–Trinajstić information content (AvgIpc) is 2.67. The second-order valence-electron chi connectivity index (χ2n) is 7.71. The highest BCUT2D eigenvalue weighted by atomic mass is 16.1. The Morgan fingerprint density at radius 3 is 2.43 bits per heavy atom. The van der Waals surface area contributed by atoms with Crippen molar-refractivity contribution in [1.29, 1.82) is 0 Å². The average molecular weight is 286 g/mol. The monoisotopic (exact) mass is 286 g/mol. The number of benzene rings is 1. The van der Waals surface area contributed by atoms with Gasteiger partial charge in [0.1, 0.15) is 24.4 Å². The van der Waals surface area contributed by atoms with Crippen molar-refractivity contribution in [2.45, 2.75) is 20.3 Å². The second kappa shape index (κ2) is 4.65. The Labute approximate surface area is 126 Å². The Balaban J connectivity index is 1.70. The van der Waals surface area contributed by atoms with Gasteiger partial charge in [0.05, 0.1) is 26.2 Å². The molecule has 2 unspecified atom stereocenters. The van der Waals surface area contributed by atoms with Crippen molar-refractivity contribution in [2.24, 2.45) is 11.3 Å². The predicted molar refractivity (Wildman–Crippen MR) is 81.7 cm³/mol. The van der Waals surface area contributed by atoms with E-state index in [0.29, 0.717) is 11.7 Å². The highest BCUT2D eigenvalue weighted by Crippen LogP contribution is 2.31. The Morgan fingerprint density at radius 1 is 1.14 bits per heavy atom. The maximum absolute atomic E-state index is 13.0. The summed E-state index contributed by atoms with van der Waals surface area (Å²) < 4.78 is 0. The summed E-state index contributed by atoms with van der Waals surface area (Å²) in [5, 5.41) is 0. The largest absolute Gasteiger partial charge is 0.328 e. The summed E-state index contributed by atoms with van der Waals surface area (Å²) in [5.41, 5.74) is 3.97. The first-order valence-electron chi connectivity index (χ1n) is 8.33. The minimum Gasteiger partial charge on any atom is -0.328 e. The molecule has 0 aliphatic carbocycles. The number of carbonyl (C=O) groups is 1. The van der Waals surface area contributed by atoms with Gasteiger partial charge < -0.3 is 9.80 Å². The molecule has 5 rings (SSSR count). The number of Topliss-reactive ketones (excluding diaryl/α,β-unsaturated/α-hetero) is 1. The predicted octanol–water partition coefficient (Wildman–Crippen LogP) is -1.17. The zero-order valence-electron chi connectivity index (χ0n) is 13.2. The first-order valence-corrected chi connectivity index (χ1v) is 8.33. The van der Waals surface area contributed by atoms with Gasteiger partial charge in [0.25, 0.3) is 0 Å². The van der Waals surface area contributed by atoms with Crippen molar-refractivity contribution in [3.8, 4) is 0 Å². The zero-order valence-corrected chi connectivity index (χ0v) is 13.2. The van der Waals surface area contributed by atoms with Crippen LogP contribution in [0.4, 0.5) is 0 Å². The first-order chi connectivity index (χ1) is 10.1. The third-order valence-electron chi connectivity index (χ3n) is 6.00. The van der Waals surface area contributed by atoms with Crippen LogP contribution in [0.25, 0.3) is 0 Å². The Hall–Kier alpha value is -1.19. The number of quaternary nitrogens is 2. The van der Waals surface area contributed by atoms with Crippen LogP contribution < -0.4 is 9.80 Å². The molecule has 4 fully saturated rings. The van der Waals surface area contributed by atoms with Crippen LogP contribution in [0.3, 0.4) is 0 Å². The van der Waals surface area contributed by atoms with Crippen LogP contribution in [0.1, 0.15) is 16.7 Å². The summed E-state index contributed by atoms with van der Waals surface area (Å²) in [6.45, 7) is 11.2. The lowest BCUT2D eigenvalue weighted by Gasteiger charge is -2.43. The van der Waals surface area contributed by atoms with Crippen LogP contribution >= 0.6 is 0 Å². The highest BCUT2D eigenvalue weighted by Gasteiger charge is 2.58. The molecule has 4 aliphatic heterocycles. The molecule has 0 aromatic heterocycles. The number of rotatable bonds is 2. The van der Waals surface area contributed by atoms with Crippen LogP contribution in [-0.2, 0) is 11.2 Å². The molecule has 4 heterocycles. The molecule has 0 saturated carbocycles. The van der Waals surface area contributed by atoms with E-state index in [1.807, 2.05) is 0 Å². The van der Waals surface area contributed by atoms with E-state index in [1.54, 1.807) is 9.80 Å². The highest BCUT2D eigenvalue weighted by molar-refractivity contribution is 5.89. The van der Waals surface area contributed by atoms with Gasteiger partial charge in [-0.1, -0.05) is 23.8 Å². The molecule has 4 aliphatic rings. The van der Waals surface area contributed by atoms with Gasteiger partial charge in [-0.15, -0.1) is 0 Å². The summed E-state index contributed by atoms with van der Waals surface area (Å²) in [5.74, 6) is 0.905. The lowest BCUT2D eigenvalue weighted by molar-refractivity contribution is -0.918. The number of ketones is 1. The number of carbonyl (C=O) groups excluding carboxylic acids is 1. The molecular formula is C18H26N2O+2. The molecule has 1 aromatic carbocycles. The summed E-state index contributed by atoms with van der Waals surface area (Å²) in [6.07, 6.45) is 0.960. The molecule has 1 aromatic rings. The molecule has 21 heavy (non-hydrogen) atoms. The fourth-order valence-electron chi connectivity index (χ4n) is 5.08. The van der Waals surface area contributed by atoms with Gasteiger partial charge in [0.15, 0.2) is 5.78 Å². The van der Waals surface area contributed by atoms with E-state index in [9.17, 15) is 4.79 Å². The van der Waals surface area contributed by atoms with E-state index in [4.69, 9.17) is 0 Å². The van der Waals surface area contributed by atoms with Crippen LogP contribution in [0.15, 0.2) is 18.2 Å². The molecule has 2 atom stereocenters. The summed E-state index contributed by atoms with van der Waals surface area (Å²) in [6, 6.07) is 6.71. The topological polar surface area (TPSA) is 26.0 Å². The Morgan fingerprint density at radius 2 is 1.81 bits per heavy atom. The molecule has 3 heteroatoms. The van der Waals surface area contributed by atoms with Gasteiger partial charge in [-0.25, -0.2) is 0 Å². The molecule has 112 valence electrons. The molecule has 4 bridgehead atoms. The van der Waals surface area contributed by atoms with Gasteiger partial charge in [0, 0.05) is 0 Å². The third-order valence-corrected chi connectivity index (χ3v) is 6.00. The molecule has 3 nitrogen and oxygen atoms in total. The van der Waals surface area contributed by atoms with Crippen molar-refractivity contribution in [1.82, 2.24) is 0 Å².